The molecule has 0 bridgehead atoms. The Balaban J connectivity index is 2.53. The van der Waals surface area contributed by atoms with Gasteiger partial charge in [-0.05, 0) is 11.4 Å². The lowest BCUT2D eigenvalue weighted by Crippen LogP contribution is -2.38. The first-order valence-electron chi connectivity index (χ1n) is 5.81. The molecular formula is C13H18N4OS. The van der Waals surface area contributed by atoms with Gasteiger partial charge in [-0.25, -0.2) is 4.99 Å². The zero-order valence-corrected chi connectivity index (χ0v) is 12.0. The minimum absolute atomic E-state index is 0.0575. The summed E-state index contributed by atoms with van der Waals surface area (Å²) < 4.78 is 0. The van der Waals surface area contributed by atoms with E-state index in [-0.39, 0.29) is 12.5 Å². The summed E-state index contributed by atoms with van der Waals surface area (Å²) in [5.74, 6) is 2.96. The van der Waals surface area contributed by atoms with Crippen molar-refractivity contribution in [3.05, 3.63) is 22.4 Å². The van der Waals surface area contributed by atoms with Gasteiger partial charge in [0.25, 0.3) is 0 Å². The molecule has 5 nitrogen and oxygen atoms in total. The number of aliphatic imine (C=N–C) groups is 1. The normalized spacial score (nSPS) is 10.7. The Morgan fingerprint density at radius 1 is 1.53 bits per heavy atom. The van der Waals surface area contributed by atoms with Crippen LogP contribution < -0.4 is 10.6 Å². The van der Waals surface area contributed by atoms with E-state index in [2.05, 4.69) is 21.5 Å². The Labute approximate surface area is 117 Å². The number of likely N-dealkylation sites (N-methyl/N-ethyl adjacent to an activating group) is 1. The number of carbonyl (C=O) groups excluding carboxylic acids is 1. The number of hydrogen-bond acceptors (Lipinski definition) is 3. The van der Waals surface area contributed by atoms with Crippen LogP contribution in [0, 0.1) is 12.3 Å². The number of nitrogens with one attached hydrogen (secondary N) is 2. The minimum atomic E-state index is -0.0575. The van der Waals surface area contributed by atoms with Gasteiger partial charge in [0, 0.05) is 19.0 Å². The third kappa shape index (κ3) is 5.93. The summed E-state index contributed by atoms with van der Waals surface area (Å²) in [5, 5.41) is 8.11. The molecule has 0 fully saturated rings. The van der Waals surface area contributed by atoms with Crippen LogP contribution >= 0.6 is 11.3 Å². The number of nitrogens with zero attached hydrogens (tertiary/aromatic N) is 2. The predicted octanol–water partition coefficient (Wildman–Crippen LogP) is 0.505. The molecule has 102 valence electrons. The molecule has 0 aromatic carbocycles. The Bertz CT molecular complexity index is 459. The van der Waals surface area contributed by atoms with Crippen molar-refractivity contribution in [3.63, 3.8) is 0 Å². The highest BCUT2D eigenvalue weighted by Crippen LogP contribution is 2.07. The molecule has 19 heavy (non-hydrogen) atoms. The Morgan fingerprint density at radius 2 is 2.32 bits per heavy atom. The average Bonchev–Trinajstić information content (AvgIpc) is 2.90. The van der Waals surface area contributed by atoms with E-state index < -0.39 is 0 Å². The second kappa shape index (κ2) is 8.16. The fourth-order valence-corrected chi connectivity index (χ4v) is 1.83. The summed E-state index contributed by atoms with van der Waals surface area (Å²) in [6.07, 6.45) is 5.20. The van der Waals surface area contributed by atoms with Gasteiger partial charge in [0.15, 0.2) is 5.96 Å². The van der Waals surface area contributed by atoms with Gasteiger partial charge in [-0.1, -0.05) is 12.0 Å². The standard InChI is InChI=1S/C13H18N4OS/c1-4-7-14-13(16-10-12(18)17(2)3)15-9-11-6-5-8-19-11/h1,5-6,8H,7,9-10H2,2-3H3,(H2,14,15,16). The van der Waals surface area contributed by atoms with Crippen molar-refractivity contribution in [1.29, 1.82) is 0 Å². The van der Waals surface area contributed by atoms with Gasteiger partial charge in [-0.15, -0.1) is 17.8 Å². The van der Waals surface area contributed by atoms with Crippen molar-refractivity contribution in [1.82, 2.24) is 15.5 Å². The lowest BCUT2D eigenvalue weighted by atomic mass is 10.4. The van der Waals surface area contributed by atoms with Crippen molar-refractivity contribution in [2.45, 2.75) is 6.54 Å². The number of terminal acetylenes is 1. The summed E-state index contributed by atoms with van der Waals surface area (Å²) in [7, 11) is 3.40. The maximum Gasteiger partial charge on any atom is 0.243 e. The highest BCUT2D eigenvalue weighted by molar-refractivity contribution is 7.09. The maximum atomic E-state index is 11.5. The lowest BCUT2D eigenvalue weighted by Gasteiger charge is -2.11. The summed E-state index contributed by atoms with van der Waals surface area (Å²) in [4.78, 5) is 18.4. The molecule has 0 radical (unpaired) electrons. The molecule has 0 atom stereocenters. The monoisotopic (exact) mass is 278 g/mol. The van der Waals surface area contributed by atoms with Crippen molar-refractivity contribution in [2.24, 2.45) is 4.99 Å². The van der Waals surface area contributed by atoms with Gasteiger partial charge < -0.3 is 15.5 Å². The fraction of sp³-hybridized carbons (Fsp3) is 0.385. The first-order chi connectivity index (χ1) is 9.13. The highest BCUT2D eigenvalue weighted by atomic mass is 32.1. The van der Waals surface area contributed by atoms with Crippen LogP contribution in [-0.4, -0.2) is 44.0 Å². The number of amides is 1. The SMILES string of the molecule is C#CCNC(=NCC(=O)N(C)C)NCc1cccs1. The number of guanidine groups is 1. The Hall–Kier alpha value is -2.00. The van der Waals surface area contributed by atoms with Crippen LogP contribution in [0.2, 0.25) is 0 Å². The second-order valence-electron chi connectivity index (χ2n) is 3.94. The minimum Gasteiger partial charge on any atom is -0.351 e. The molecule has 0 unspecified atom stereocenters. The number of carbonyl (C=O) groups is 1. The van der Waals surface area contributed by atoms with E-state index in [4.69, 9.17) is 6.42 Å². The zero-order valence-electron chi connectivity index (χ0n) is 11.1. The molecule has 1 amide bonds. The van der Waals surface area contributed by atoms with E-state index in [0.717, 1.165) is 0 Å². The predicted molar refractivity (Wildman–Crippen MR) is 79.0 cm³/mol. The third-order valence-electron chi connectivity index (χ3n) is 2.24. The average molecular weight is 278 g/mol. The molecule has 0 aliphatic rings. The molecule has 1 heterocycles. The molecule has 6 heteroatoms. The first kappa shape index (κ1) is 15.1. The van der Waals surface area contributed by atoms with Gasteiger partial charge in [-0.2, -0.15) is 0 Å². The lowest BCUT2D eigenvalue weighted by molar-refractivity contribution is -0.127. The van der Waals surface area contributed by atoms with E-state index >= 15 is 0 Å². The molecule has 0 aliphatic heterocycles. The number of thiophene rings is 1. The Morgan fingerprint density at radius 3 is 2.89 bits per heavy atom. The molecule has 1 aromatic heterocycles. The number of rotatable bonds is 5. The molecule has 0 saturated carbocycles. The maximum absolute atomic E-state index is 11.5. The summed E-state index contributed by atoms with van der Waals surface area (Å²) in [5.41, 5.74) is 0. The van der Waals surface area contributed by atoms with Crippen LogP contribution in [0.1, 0.15) is 4.88 Å². The first-order valence-corrected chi connectivity index (χ1v) is 6.69. The second-order valence-corrected chi connectivity index (χ2v) is 4.98. The Kier molecular flexibility index (Phi) is 6.47. The van der Waals surface area contributed by atoms with E-state index in [1.165, 1.54) is 9.78 Å². The molecule has 0 saturated heterocycles. The number of hydrogen-bond donors (Lipinski definition) is 2. The topological polar surface area (TPSA) is 56.7 Å². The van der Waals surface area contributed by atoms with Crippen molar-refractivity contribution < 1.29 is 4.79 Å². The van der Waals surface area contributed by atoms with Crippen LogP contribution in [0.5, 0.6) is 0 Å². The van der Waals surface area contributed by atoms with Gasteiger partial charge in [-0.3, -0.25) is 4.79 Å². The van der Waals surface area contributed by atoms with Gasteiger partial charge in [0.05, 0.1) is 13.1 Å². The van der Waals surface area contributed by atoms with Crippen LogP contribution in [0.15, 0.2) is 22.5 Å². The summed E-state index contributed by atoms with van der Waals surface area (Å²) in [6.45, 7) is 1.12. The summed E-state index contributed by atoms with van der Waals surface area (Å²) in [6, 6.07) is 4.02. The quantitative estimate of drug-likeness (QED) is 0.469. The van der Waals surface area contributed by atoms with E-state index in [9.17, 15) is 4.79 Å². The molecule has 0 aliphatic carbocycles. The molecule has 0 spiro atoms. The van der Waals surface area contributed by atoms with Gasteiger partial charge >= 0.3 is 0 Å². The smallest absolute Gasteiger partial charge is 0.243 e. The van der Waals surface area contributed by atoms with Crippen molar-refractivity contribution >= 4 is 23.2 Å². The van der Waals surface area contributed by atoms with Crippen molar-refractivity contribution in [2.75, 3.05) is 27.2 Å². The third-order valence-corrected chi connectivity index (χ3v) is 3.12. The molecule has 2 N–H and O–H groups in total. The van der Waals surface area contributed by atoms with Crippen molar-refractivity contribution in [3.8, 4) is 12.3 Å². The van der Waals surface area contributed by atoms with E-state index in [1.54, 1.807) is 25.4 Å². The van der Waals surface area contributed by atoms with Crippen LogP contribution in [0.4, 0.5) is 0 Å². The molecule has 1 rings (SSSR count). The molecular weight excluding hydrogens is 260 g/mol. The molecule has 1 aromatic rings. The highest BCUT2D eigenvalue weighted by Gasteiger charge is 2.04. The largest absolute Gasteiger partial charge is 0.351 e. The van der Waals surface area contributed by atoms with Crippen LogP contribution in [0.25, 0.3) is 0 Å². The van der Waals surface area contributed by atoms with E-state index in [0.29, 0.717) is 19.0 Å². The van der Waals surface area contributed by atoms with Gasteiger partial charge in [0.2, 0.25) is 5.91 Å². The fourth-order valence-electron chi connectivity index (χ4n) is 1.18. The van der Waals surface area contributed by atoms with Gasteiger partial charge in [0.1, 0.15) is 6.54 Å². The zero-order chi connectivity index (χ0) is 14.1. The van der Waals surface area contributed by atoms with Crippen LogP contribution in [-0.2, 0) is 11.3 Å². The van der Waals surface area contributed by atoms with Crippen LogP contribution in [0.3, 0.4) is 0 Å². The van der Waals surface area contributed by atoms with E-state index in [1.807, 2.05) is 17.5 Å². The summed E-state index contributed by atoms with van der Waals surface area (Å²) >= 11 is 1.66.